The van der Waals surface area contributed by atoms with Crippen molar-refractivity contribution in [2.24, 2.45) is 0 Å². The first-order valence-electron chi connectivity index (χ1n) is 5.18. The Morgan fingerprint density at radius 1 is 1.47 bits per heavy atom. The van der Waals surface area contributed by atoms with Crippen molar-refractivity contribution in [2.45, 2.75) is 18.6 Å². The second-order valence-electron chi connectivity index (χ2n) is 3.86. The summed E-state index contributed by atoms with van der Waals surface area (Å²) >= 11 is 0. The molecule has 1 saturated heterocycles. The van der Waals surface area contributed by atoms with Crippen molar-refractivity contribution in [3.8, 4) is 0 Å². The van der Waals surface area contributed by atoms with Gasteiger partial charge in [0, 0.05) is 12.6 Å². The van der Waals surface area contributed by atoms with E-state index in [1.165, 1.54) is 12.3 Å². The summed E-state index contributed by atoms with van der Waals surface area (Å²) in [6, 6.07) is 3.65. The number of aromatic nitrogens is 1. The van der Waals surface area contributed by atoms with Crippen LogP contribution in [0.2, 0.25) is 0 Å². The van der Waals surface area contributed by atoms with E-state index in [1.54, 1.807) is 12.1 Å². The second-order valence-corrected chi connectivity index (χ2v) is 3.86. The zero-order valence-corrected chi connectivity index (χ0v) is 8.91. The number of alkyl halides is 1. The van der Waals surface area contributed by atoms with E-state index in [9.17, 15) is 14.0 Å². The van der Waals surface area contributed by atoms with Crippen LogP contribution in [-0.2, 0) is 4.79 Å². The van der Waals surface area contributed by atoms with Gasteiger partial charge in [-0.2, -0.15) is 0 Å². The zero-order chi connectivity index (χ0) is 12.4. The summed E-state index contributed by atoms with van der Waals surface area (Å²) in [4.78, 5) is 27.7. The molecule has 0 spiro atoms. The molecule has 1 aliphatic rings. The first kappa shape index (κ1) is 11.5. The third-order valence-corrected chi connectivity index (χ3v) is 2.68. The fourth-order valence-electron chi connectivity index (χ4n) is 1.88. The molecule has 1 aromatic heterocycles. The average molecular weight is 238 g/mol. The number of halogens is 1. The van der Waals surface area contributed by atoms with Crippen molar-refractivity contribution in [1.29, 1.82) is 0 Å². The lowest BCUT2D eigenvalue weighted by Gasteiger charge is -2.20. The van der Waals surface area contributed by atoms with E-state index < -0.39 is 24.1 Å². The minimum Gasteiger partial charge on any atom is -0.480 e. The van der Waals surface area contributed by atoms with Crippen molar-refractivity contribution in [3.05, 3.63) is 30.1 Å². The van der Waals surface area contributed by atoms with Gasteiger partial charge in [0.05, 0.1) is 6.54 Å². The largest absolute Gasteiger partial charge is 0.480 e. The number of nitrogens with zero attached hydrogens (tertiary/aromatic N) is 2. The molecule has 90 valence electrons. The Bertz CT molecular complexity index is 438. The molecule has 2 heterocycles. The number of carboxylic acids is 1. The molecule has 0 aliphatic carbocycles. The van der Waals surface area contributed by atoms with Crippen LogP contribution in [0.1, 0.15) is 16.9 Å². The number of carbonyl (C=O) groups excluding carboxylic acids is 1. The van der Waals surface area contributed by atoms with Crippen molar-refractivity contribution in [2.75, 3.05) is 6.54 Å². The van der Waals surface area contributed by atoms with E-state index >= 15 is 0 Å². The van der Waals surface area contributed by atoms with Crippen LogP contribution in [0.5, 0.6) is 0 Å². The Labute approximate surface area is 96.9 Å². The highest BCUT2D eigenvalue weighted by Gasteiger charge is 2.40. The lowest BCUT2D eigenvalue weighted by Crippen LogP contribution is -2.40. The van der Waals surface area contributed by atoms with Crippen molar-refractivity contribution in [3.63, 3.8) is 0 Å². The molecule has 0 unspecified atom stereocenters. The number of carbonyl (C=O) groups is 2. The standard InChI is InChI=1S/C11H11FN2O3/c12-7-5-9(11(16)17)14(6-7)10(15)8-3-1-2-4-13-8/h1-4,7,9H,5-6H2,(H,16,17)/t7-,9-/m1/s1. The quantitative estimate of drug-likeness (QED) is 0.824. The zero-order valence-electron chi connectivity index (χ0n) is 8.91. The van der Waals surface area contributed by atoms with Crippen LogP contribution >= 0.6 is 0 Å². The highest BCUT2D eigenvalue weighted by molar-refractivity contribution is 5.95. The van der Waals surface area contributed by atoms with Crippen LogP contribution in [0.4, 0.5) is 4.39 Å². The van der Waals surface area contributed by atoms with Crippen LogP contribution in [0, 0.1) is 0 Å². The summed E-state index contributed by atoms with van der Waals surface area (Å²) in [5, 5.41) is 8.92. The Kier molecular flexibility index (Phi) is 3.03. The molecule has 17 heavy (non-hydrogen) atoms. The maximum Gasteiger partial charge on any atom is 0.326 e. The van der Waals surface area contributed by atoms with Gasteiger partial charge in [0.15, 0.2) is 0 Å². The summed E-state index contributed by atoms with van der Waals surface area (Å²) in [6.45, 7) is -0.188. The van der Waals surface area contributed by atoms with Crippen LogP contribution in [0.15, 0.2) is 24.4 Å². The SMILES string of the molecule is O=C(O)[C@H]1C[C@@H](F)CN1C(=O)c1ccccn1. The van der Waals surface area contributed by atoms with Gasteiger partial charge in [0.2, 0.25) is 0 Å². The first-order chi connectivity index (χ1) is 8.09. The van der Waals surface area contributed by atoms with Gasteiger partial charge >= 0.3 is 5.97 Å². The third kappa shape index (κ3) is 2.25. The lowest BCUT2D eigenvalue weighted by molar-refractivity contribution is -0.141. The molecule has 0 saturated carbocycles. The predicted octanol–water partition coefficient (Wildman–Crippen LogP) is 0.719. The summed E-state index contributed by atoms with van der Waals surface area (Å²) in [7, 11) is 0. The van der Waals surface area contributed by atoms with E-state index in [2.05, 4.69) is 4.98 Å². The molecule has 1 aromatic rings. The Morgan fingerprint density at radius 2 is 2.24 bits per heavy atom. The van der Waals surface area contributed by atoms with Crippen molar-refractivity contribution < 1.29 is 19.1 Å². The number of hydrogen-bond donors (Lipinski definition) is 1. The van der Waals surface area contributed by atoms with E-state index in [4.69, 9.17) is 5.11 Å². The Balaban J connectivity index is 2.22. The first-order valence-corrected chi connectivity index (χ1v) is 5.18. The summed E-state index contributed by atoms with van der Waals surface area (Å²) in [5.41, 5.74) is 0.132. The number of pyridine rings is 1. The molecule has 1 amide bonds. The van der Waals surface area contributed by atoms with Gasteiger partial charge in [-0.3, -0.25) is 9.78 Å². The molecular formula is C11H11FN2O3. The van der Waals surface area contributed by atoms with Gasteiger partial charge in [-0.1, -0.05) is 6.07 Å². The summed E-state index contributed by atoms with van der Waals surface area (Å²) in [5.74, 6) is -1.73. The molecule has 1 aliphatic heterocycles. The average Bonchev–Trinajstić information content (AvgIpc) is 2.72. The van der Waals surface area contributed by atoms with E-state index in [0.29, 0.717) is 0 Å². The van der Waals surface area contributed by atoms with Gasteiger partial charge in [-0.15, -0.1) is 0 Å². The van der Waals surface area contributed by atoms with Gasteiger partial charge < -0.3 is 10.0 Å². The number of aliphatic carboxylic acids is 1. The van der Waals surface area contributed by atoms with Gasteiger partial charge in [0.1, 0.15) is 17.9 Å². The number of amides is 1. The highest BCUT2D eigenvalue weighted by atomic mass is 19.1. The number of carboxylic acid groups (broad SMARTS) is 1. The molecule has 0 radical (unpaired) electrons. The molecule has 2 atom stereocenters. The van der Waals surface area contributed by atoms with Gasteiger partial charge in [-0.25, -0.2) is 9.18 Å². The normalized spacial score (nSPS) is 23.7. The maximum absolute atomic E-state index is 13.2. The molecule has 6 heteroatoms. The van der Waals surface area contributed by atoms with Crippen LogP contribution in [-0.4, -0.2) is 45.6 Å². The predicted molar refractivity (Wildman–Crippen MR) is 56.2 cm³/mol. The monoisotopic (exact) mass is 238 g/mol. The molecule has 1 fully saturated rings. The molecule has 0 bridgehead atoms. The third-order valence-electron chi connectivity index (χ3n) is 2.68. The highest BCUT2D eigenvalue weighted by Crippen LogP contribution is 2.22. The molecular weight excluding hydrogens is 227 g/mol. The van der Waals surface area contributed by atoms with Gasteiger partial charge in [0.25, 0.3) is 5.91 Å². The molecule has 2 rings (SSSR count). The van der Waals surface area contributed by atoms with Crippen LogP contribution in [0.25, 0.3) is 0 Å². The van der Waals surface area contributed by atoms with Crippen LogP contribution < -0.4 is 0 Å². The summed E-state index contributed by atoms with van der Waals surface area (Å²) < 4.78 is 13.2. The maximum atomic E-state index is 13.2. The fraction of sp³-hybridized carbons (Fsp3) is 0.364. The van der Waals surface area contributed by atoms with Crippen molar-refractivity contribution >= 4 is 11.9 Å². The van der Waals surface area contributed by atoms with Crippen LogP contribution in [0.3, 0.4) is 0 Å². The topological polar surface area (TPSA) is 70.5 Å². The van der Waals surface area contributed by atoms with Gasteiger partial charge in [-0.05, 0) is 12.1 Å². The molecule has 5 nitrogen and oxygen atoms in total. The van der Waals surface area contributed by atoms with E-state index in [-0.39, 0.29) is 18.7 Å². The van der Waals surface area contributed by atoms with E-state index in [1.807, 2.05) is 0 Å². The smallest absolute Gasteiger partial charge is 0.326 e. The van der Waals surface area contributed by atoms with E-state index in [0.717, 1.165) is 4.90 Å². The minimum absolute atomic E-state index is 0.132. The number of likely N-dealkylation sites (tertiary alicyclic amines) is 1. The minimum atomic E-state index is -1.29. The van der Waals surface area contributed by atoms with Crippen molar-refractivity contribution in [1.82, 2.24) is 9.88 Å². The number of rotatable bonds is 2. The lowest BCUT2D eigenvalue weighted by atomic mass is 10.2. The molecule has 1 N–H and O–H groups in total. The second kappa shape index (κ2) is 4.48. The fourth-order valence-corrected chi connectivity index (χ4v) is 1.88. The Morgan fingerprint density at radius 3 is 2.82 bits per heavy atom. The molecule has 0 aromatic carbocycles. The Hall–Kier alpha value is -1.98. The summed E-state index contributed by atoms with van der Waals surface area (Å²) in [6.07, 6.45) is -0.0105. The number of hydrogen-bond acceptors (Lipinski definition) is 3.